The van der Waals surface area contributed by atoms with Gasteiger partial charge in [0, 0.05) is 33.2 Å². The summed E-state index contributed by atoms with van der Waals surface area (Å²) in [5.74, 6) is -1.91. The third kappa shape index (κ3) is 5.49. The molecule has 1 fully saturated rings. The number of anilines is 1. The van der Waals surface area contributed by atoms with Crippen molar-refractivity contribution >= 4 is 60.7 Å². The molecule has 1 heterocycles. The fraction of sp³-hybridized carbons (Fsp3) is 0.316. The molecule has 0 aliphatic carbocycles. The quantitative estimate of drug-likeness (QED) is 0.594. The second-order valence-corrected chi connectivity index (χ2v) is 10.5. The zero-order valence-electron chi connectivity index (χ0n) is 15.2. The van der Waals surface area contributed by atoms with Crippen LogP contribution in [0.5, 0.6) is 0 Å². The molecule has 0 aromatic heterocycles. The molecule has 1 atom stereocenters. The van der Waals surface area contributed by atoms with Gasteiger partial charge in [-0.2, -0.15) is 0 Å². The van der Waals surface area contributed by atoms with Crippen LogP contribution >= 0.6 is 39.1 Å². The van der Waals surface area contributed by atoms with E-state index >= 15 is 0 Å². The van der Waals surface area contributed by atoms with Gasteiger partial charge in [-0.1, -0.05) is 45.2 Å². The van der Waals surface area contributed by atoms with Crippen LogP contribution in [0.25, 0.3) is 0 Å². The molecule has 156 valence electrons. The molecule has 1 amide bonds. The highest BCUT2D eigenvalue weighted by molar-refractivity contribution is 9.10. The molecule has 0 bridgehead atoms. The number of carbonyl (C=O) groups is 1. The molecule has 2 aromatic carbocycles. The number of piperidine rings is 1. The van der Waals surface area contributed by atoms with E-state index in [1.807, 2.05) is 0 Å². The average molecular weight is 524 g/mol. The number of benzene rings is 2. The highest BCUT2D eigenvalue weighted by atomic mass is 79.9. The highest BCUT2D eigenvalue weighted by Gasteiger charge is 2.33. The summed E-state index contributed by atoms with van der Waals surface area (Å²) in [6, 6.07) is 9.12. The predicted molar refractivity (Wildman–Crippen MR) is 116 cm³/mol. The molecule has 0 radical (unpaired) electrons. The molecule has 0 saturated carbocycles. The van der Waals surface area contributed by atoms with Gasteiger partial charge in [-0.25, -0.2) is 17.1 Å². The first-order chi connectivity index (χ1) is 13.7. The fourth-order valence-corrected chi connectivity index (χ4v) is 5.87. The van der Waals surface area contributed by atoms with Crippen molar-refractivity contribution in [2.75, 3.05) is 18.4 Å². The monoisotopic (exact) mass is 522 g/mol. The standard InChI is InChI=1S/C19H18BrCl2FN2O3S/c20-13-6-7-18(17(23)9-13)24-19(26)12-3-2-8-25(10-12)29(27,28)11-14-15(21)4-1-5-16(14)22/h1,4-7,9,12H,2-3,8,10-11H2,(H,24,26)/t12-/m0/s1. The van der Waals surface area contributed by atoms with Crippen molar-refractivity contribution in [1.82, 2.24) is 4.31 Å². The molecular formula is C19H18BrCl2FN2O3S. The van der Waals surface area contributed by atoms with Crippen molar-refractivity contribution in [2.24, 2.45) is 5.92 Å². The van der Waals surface area contributed by atoms with E-state index in [1.165, 1.54) is 16.4 Å². The van der Waals surface area contributed by atoms with Gasteiger partial charge in [-0.05, 0) is 43.2 Å². The Hall–Kier alpha value is -1.19. The van der Waals surface area contributed by atoms with Gasteiger partial charge >= 0.3 is 0 Å². The molecule has 0 spiro atoms. The maximum atomic E-state index is 14.0. The van der Waals surface area contributed by atoms with Crippen molar-refractivity contribution in [3.05, 3.63) is 62.3 Å². The Morgan fingerprint density at radius 2 is 1.93 bits per heavy atom. The lowest BCUT2D eigenvalue weighted by atomic mass is 9.98. The maximum Gasteiger partial charge on any atom is 0.228 e. The van der Waals surface area contributed by atoms with Gasteiger partial charge in [0.2, 0.25) is 15.9 Å². The maximum absolute atomic E-state index is 14.0. The molecule has 5 nitrogen and oxygen atoms in total. The smallest absolute Gasteiger partial charge is 0.228 e. The summed E-state index contributed by atoms with van der Waals surface area (Å²) >= 11 is 15.4. The lowest BCUT2D eigenvalue weighted by molar-refractivity contribution is -0.120. The van der Waals surface area contributed by atoms with E-state index in [9.17, 15) is 17.6 Å². The zero-order chi connectivity index (χ0) is 21.2. The Morgan fingerprint density at radius 3 is 2.59 bits per heavy atom. The number of rotatable bonds is 5. The third-order valence-electron chi connectivity index (χ3n) is 4.73. The number of hydrogen-bond acceptors (Lipinski definition) is 3. The van der Waals surface area contributed by atoms with Crippen molar-refractivity contribution in [3.63, 3.8) is 0 Å². The molecule has 3 rings (SSSR count). The number of sulfonamides is 1. The van der Waals surface area contributed by atoms with Gasteiger partial charge in [0.15, 0.2) is 0 Å². The van der Waals surface area contributed by atoms with Crippen molar-refractivity contribution in [2.45, 2.75) is 18.6 Å². The topological polar surface area (TPSA) is 66.5 Å². The molecule has 1 aliphatic heterocycles. The minimum Gasteiger partial charge on any atom is -0.323 e. The van der Waals surface area contributed by atoms with E-state index < -0.39 is 27.7 Å². The van der Waals surface area contributed by atoms with Crippen molar-refractivity contribution in [1.29, 1.82) is 0 Å². The summed E-state index contributed by atoms with van der Waals surface area (Å²) in [5, 5.41) is 3.10. The van der Waals surface area contributed by atoms with E-state index in [0.717, 1.165) is 0 Å². The first kappa shape index (κ1) is 22.5. The summed E-state index contributed by atoms with van der Waals surface area (Å²) in [6.45, 7) is 0.329. The largest absolute Gasteiger partial charge is 0.323 e. The first-order valence-corrected chi connectivity index (χ1v) is 12.0. The van der Waals surface area contributed by atoms with Crippen LogP contribution in [0, 0.1) is 11.7 Å². The van der Waals surface area contributed by atoms with Crippen LogP contribution in [0.2, 0.25) is 10.0 Å². The summed E-state index contributed by atoms with van der Waals surface area (Å²) in [6.07, 6.45) is 1.04. The molecule has 29 heavy (non-hydrogen) atoms. The average Bonchev–Trinajstić information content (AvgIpc) is 2.67. The van der Waals surface area contributed by atoms with Gasteiger partial charge in [0.05, 0.1) is 17.4 Å². The Morgan fingerprint density at radius 1 is 1.24 bits per heavy atom. The van der Waals surface area contributed by atoms with Crippen molar-refractivity contribution in [3.8, 4) is 0 Å². The summed E-state index contributed by atoms with van der Waals surface area (Å²) in [7, 11) is -3.73. The molecule has 2 aromatic rings. The normalized spacial score (nSPS) is 17.9. The minimum absolute atomic E-state index is 0.0222. The van der Waals surface area contributed by atoms with Gasteiger partial charge in [-0.15, -0.1) is 0 Å². The number of nitrogens with zero attached hydrogens (tertiary/aromatic N) is 1. The number of nitrogens with one attached hydrogen (secondary N) is 1. The Labute approximate surface area is 187 Å². The zero-order valence-corrected chi connectivity index (χ0v) is 19.1. The lowest BCUT2D eigenvalue weighted by Gasteiger charge is -2.31. The van der Waals surface area contributed by atoms with Gasteiger partial charge in [0.25, 0.3) is 0 Å². The van der Waals surface area contributed by atoms with Gasteiger partial charge in [0.1, 0.15) is 5.82 Å². The molecule has 1 aliphatic rings. The first-order valence-electron chi connectivity index (χ1n) is 8.84. The molecular weight excluding hydrogens is 506 g/mol. The predicted octanol–water partition coefficient (Wildman–Crippen LogP) is 5.08. The van der Waals surface area contributed by atoms with Crippen LogP contribution in [0.4, 0.5) is 10.1 Å². The second kappa shape index (κ2) is 9.31. The highest BCUT2D eigenvalue weighted by Crippen LogP contribution is 2.29. The fourth-order valence-electron chi connectivity index (χ4n) is 3.18. The van der Waals surface area contributed by atoms with Crippen LogP contribution < -0.4 is 5.32 Å². The Balaban J connectivity index is 1.71. The SMILES string of the molecule is O=C(Nc1ccc(Br)cc1F)[C@H]1CCCN(S(=O)(=O)Cc2c(Cl)cccc2Cl)C1. The number of halogens is 4. The van der Waals surface area contributed by atoms with E-state index in [0.29, 0.717) is 29.4 Å². The molecule has 1 N–H and O–H groups in total. The Kier molecular flexibility index (Phi) is 7.22. The summed E-state index contributed by atoms with van der Waals surface area (Å²) < 4.78 is 41.6. The number of hydrogen-bond donors (Lipinski definition) is 1. The lowest BCUT2D eigenvalue weighted by Crippen LogP contribution is -2.44. The minimum atomic E-state index is -3.73. The van der Waals surface area contributed by atoms with E-state index in [-0.39, 0.29) is 28.0 Å². The summed E-state index contributed by atoms with van der Waals surface area (Å²) in [5.41, 5.74) is 0.389. The van der Waals surface area contributed by atoms with E-state index in [4.69, 9.17) is 23.2 Å². The van der Waals surface area contributed by atoms with Gasteiger partial charge in [-0.3, -0.25) is 4.79 Å². The second-order valence-electron chi connectivity index (χ2n) is 6.77. The Bertz CT molecular complexity index is 1020. The number of amides is 1. The van der Waals surface area contributed by atoms with Crippen LogP contribution in [-0.2, 0) is 20.6 Å². The van der Waals surface area contributed by atoms with E-state index in [2.05, 4.69) is 21.2 Å². The molecule has 1 saturated heterocycles. The van der Waals surface area contributed by atoms with Crippen LogP contribution in [-0.4, -0.2) is 31.7 Å². The molecule has 10 heteroatoms. The van der Waals surface area contributed by atoms with E-state index in [1.54, 1.807) is 24.3 Å². The summed E-state index contributed by atoms with van der Waals surface area (Å²) in [4.78, 5) is 12.6. The number of carbonyl (C=O) groups excluding carboxylic acids is 1. The van der Waals surface area contributed by atoms with Gasteiger partial charge < -0.3 is 5.32 Å². The van der Waals surface area contributed by atoms with Crippen LogP contribution in [0.15, 0.2) is 40.9 Å². The van der Waals surface area contributed by atoms with Crippen LogP contribution in [0.1, 0.15) is 18.4 Å². The molecule has 0 unspecified atom stereocenters. The third-order valence-corrected chi connectivity index (χ3v) is 7.70. The van der Waals surface area contributed by atoms with Crippen LogP contribution in [0.3, 0.4) is 0 Å². The van der Waals surface area contributed by atoms with Crippen molar-refractivity contribution < 1.29 is 17.6 Å².